The number of carbonyl (C=O) groups excluding carboxylic acids is 2. The normalized spacial score (nSPS) is 16.9. The van der Waals surface area contributed by atoms with Gasteiger partial charge in [0, 0.05) is 13.1 Å². The summed E-state index contributed by atoms with van der Waals surface area (Å²) in [7, 11) is 0. The van der Waals surface area contributed by atoms with Crippen molar-refractivity contribution in [2.75, 3.05) is 19.6 Å². The van der Waals surface area contributed by atoms with Crippen molar-refractivity contribution in [2.24, 2.45) is 5.41 Å². The highest BCUT2D eigenvalue weighted by molar-refractivity contribution is 5.89. The van der Waals surface area contributed by atoms with Gasteiger partial charge in [0.2, 0.25) is 11.8 Å². The third-order valence-electron chi connectivity index (χ3n) is 3.46. The predicted molar refractivity (Wildman–Crippen MR) is 67.5 cm³/mol. The van der Waals surface area contributed by atoms with Crippen LogP contribution in [0.4, 0.5) is 0 Å². The average Bonchev–Trinajstić information content (AvgIpc) is 2.85. The van der Waals surface area contributed by atoms with E-state index in [-0.39, 0.29) is 18.4 Å². The van der Waals surface area contributed by atoms with Crippen molar-refractivity contribution in [3.05, 3.63) is 0 Å². The molecule has 1 aliphatic rings. The molecule has 5 heteroatoms. The Hall–Kier alpha value is -1.57. The van der Waals surface area contributed by atoms with Gasteiger partial charge in [0.1, 0.15) is 5.41 Å². The molecule has 0 heterocycles. The van der Waals surface area contributed by atoms with E-state index in [1.807, 2.05) is 13.8 Å². The van der Waals surface area contributed by atoms with E-state index < -0.39 is 5.41 Å². The van der Waals surface area contributed by atoms with Crippen molar-refractivity contribution < 1.29 is 9.59 Å². The van der Waals surface area contributed by atoms with E-state index in [0.29, 0.717) is 25.9 Å². The summed E-state index contributed by atoms with van der Waals surface area (Å²) in [4.78, 5) is 25.4. The lowest BCUT2D eigenvalue weighted by Crippen LogP contribution is -2.46. The lowest BCUT2D eigenvalue weighted by Gasteiger charge is -2.28. The molecule has 1 rings (SSSR count). The number of amides is 2. The van der Waals surface area contributed by atoms with E-state index in [1.54, 1.807) is 0 Å². The van der Waals surface area contributed by atoms with E-state index in [4.69, 9.17) is 0 Å². The van der Waals surface area contributed by atoms with Crippen LogP contribution in [0.1, 0.15) is 39.5 Å². The van der Waals surface area contributed by atoms with E-state index in [2.05, 4.69) is 11.4 Å². The largest absolute Gasteiger partial charge is 0.355 e. The molecule has 1 saturated carbocycles. The van der Waals surface area contributed by atoms with Crippen molar-refractivity contribution in [3.8, 4) is 6.07 Å². The van der Waals surface area contributed by atoms with Crippen molar-refractivity contribution in [1.82, 2.24) is 10.2 Å². The Morgan fingerprint density at radius 1 is 1.33 bits per heavy atom. The fourth-order valence-electron chi connectivity index (χ4n) is 2.41. The quantitative estimate of drug-likeness (QED) is 0.794. The van der Waals surface area contributed by atoms with Crippen molar-refractivity contribution in [1.29, 1.82) is 5.26 Å². The molecule has 0 radical (unpaired) electrons. The van der Waals surface area contributed by atoms with Crippen LogP contribution in [0.15, 0.2) is 0 Å². The molecule has 0 spiro atoms. The SMILES string of the molecule is CCNC(=O)CN(CC)C(=O)C1(C#N)CCCC1. The maximum absolute atomic E-state index is 12.4. The van der Waals surface area contributed by atoms with Crippen LogP contribution in [0, 0.1) is 16.7 Å². The minimum Gasteiger partial charge on any atom is -0.355 e. The first-order chi connectivity index (χ1) is 8.59. The van der Waals surface area contributed by atoms with E-state index in [1.165, 1.54) is 4.90 Å². The third-order valence-corrected chi connectivity index (χ3v) is 3.46. The van der Waals surface area contributed by atoms with Gasteiger partial charge in [-0.25, -0.2) is 0 Å². The van der Waals surface area contributed by atoms with Crippen LogP contribution >= 0.6 is 0 Å². The second-order valence-corrected chi connectivity index (χ2v) is 4.67. The Kier molecular flexibility index (Phi) is 5.14. The Morgan fingerprint density at radius 3 is 2.39 bits per heavy atom. The van der Waals surface area contributed by atoms with E-state index >= 15 is 0 Å². The van der Waals surface area contributed by atoms with Gasteiger partial charge >= 0.3 is 0 Å². The zero-order chi connectivity index (χ0) is 13.6. The highest BCUT2D eigenvalue weighted by Gasteiger charge is 2.43. The summed E-state index contributed by atoms with van der Waals surface area (Å²) in [5.41, 5.74) is -0.886. The number of nitrogens with zero attached hydrogens (tertiary/aromatic N) is 2. The fraction of sp³-hybridized carbons (Fsp3) is 0.769. The van der Waals surface area contributed by atoms with Crippen LogP contribution in [0.5, 0.6) is 0 Å². The van der Waals surface area contributed by atoms with Crippen LogP contribution in [0.3, 0.4) is 0 Å². The summed E-state index contributed by atoms with van der Waals surface area (Å²) in [6, 6.07) is 2.17. The number of nitrogens with one attached hydrogen (secondary N) is 1. The molecule has 0 atom stereocenters. The lowest BCUT2D eigenvalue weighted by molar-refractivity contribution is -0.142. The van der Waals surface area contributed by atoms with Gasteiger partial charge in [-0.3, -0.25) is 9.59 Å². The molecule has 5 nitrogen and oxygen atoms in total. The molecule has 0 unspecified atom stereocenters. The Balaban J connectivity index is 2.73. The summed E-state index contributed by atoms with van der Waals surface area (Å²) >= 11 is 0. The molecule has 2 amide bonds. The van der Waals surface area contributed by atoms with Crippen molar-refractivity contribution >= 4 is 11.8 Å². The van der Waals surface area contributed by atoms with Gasteiger partial charge < -0.3 is 10.2 Å². The first-order valence-corrected chi connectivity index (χ1v) is 6.57. The molecular formula is C13H21N3O2. The number of carbonyl (C=O) groups is 2. The molecule has 0 saturated heterocycles. The Bertz CT molecular complexity index is 354. The molecule has 0 aromatic heterocycles. The standard InChI is InChI=1S/C13H21N3O2/c1-3-15-11(17)9-16(4-2)12(18)13(10-14)7-5-6-8-13/h3-9H2,1-2H3,(H,15,17). The minimum atomic E-state index is -0.886. The highest BCUT2D eigenvalue weighted by Crippen LogP contribution is 2.39. The second kappa shape index (κ2) is 6.39. The Morgan fingerprint density at radius 2 is 1.94 bits per heavy atom. The molecule has 100 valence electrons. The van der Waals surface area contributed by atoms with Crippen LogP contribution in [-0.4, -0.2) is 36.3 Å². The van der Waals surface area contributed by atoms with Crippen LogP contribution < -0.4 is 5.32 Å². The maximum Gasteiger partial charge on any atom is 0.243 e. The molecule has 0 aliphatic heterocycles. The van der Waals surface area contributed by atoms with Crippen LogP contribution in [0.2, 0.25) is 0 Å². The number of hydrogen-bond acceptors (Lipinski definition) is 3. The summed E-state index contributed by atoms with van der Waals surface area (Å²) in [6.07, 6.45) is 3.07. The molecule has 1 N–H and O–H groups in total. The number of hydrogen-bond donors (Lipinski definition) is 1. The number of nitriles is 1. The average molecular weight is 251 g/mol. The molecule has 1 aliphatic carbocycles. The second-order valence-electron chi connectivity index (χ2n) is 4.67. The van der Waals surface area contributed by atoms with Gasteiger partial charge in [0.05, 0.1) is 12.6 Å². The molecular weight excluding hydrogens is 230 g/mol. The molecule has 18 heavy (non-hydrogen) atoms. The lowest BCUT2D eigenvalue weighted by atomic mass is 9.86. The predicted octanol–water partition coefficient (Wildman–Crippen LogP) is 1.05. The Labute approximate surface area is 108 Å². The zero-order valence-corrected chi connectivity index (χ0v) is 11.2. The van der Waals surface area contributed by atoms with Gasteiger partial charge in [0.25, 0.3) is 0 Å². The molecule has 0 aromatic rings. The van der Waals surface area contributed by atoms with Gasteiger partial charge in [-0.15, -0.1) is 0 Å². The summed E-state index contributed by atoms with van der Waals surface area (Å²) in [5, 5.41) is 11.9. The summed E-state index contributed by atoms with van der Waals surface area (Å²) in [5.74, 6) is -0.352. The van der Waals surface area contributed by atoms with Gasteiger partial charge in [-0.1, -0.05) is 12.8 Å². The number of rotatable bonds is 5. The number of likely N-dealkylation sites (N-methyl/N-ethyl adjacent to an activating group) is 2. The van der Waals surface area contributed by atoms with Crippen molar-refractivity contribution in [3.63, 3.8) is 0 Å². The molecule has 1 fully saturated rings. The third kappa shape index (κ3) is 3.00. The molecule has 0 bridgehead atoms. The topological polar surface area (TPSA) is 73.2 Å². The van der Waals surface area contributed by atoms with Crippen LogP contribution in [-0.2, 0) is 9.59 Å². The fourth-order valence-corrected chi connectivity index (χ4v) is 2.41. The van der Waals surface area contributed by atoms with E-state index in [9.17, 15) is 14.9 Å². The van der Waals surface area contributed by atoms with Gasteiger partial charge in [0.15, 0.2) is 0 Å². The minimum absolute atomic E-state index is 0.0482. The molecule has 0 aromatic carbocycles. The highest BCUT2D eigenvalue weighted by atomic mass is 16.2. The van der Waals surface area contributed by atoms with Gasteiger partial charge in [-0.2, -0.15) is 5.26 Å². The van der Waals surface area contributed by atoms with Crippen LogP contribution in [0.25, 0.3) is 0 Å². The summed E-state index contributed by atoms with van der Waals surface area (Å²) in [6.45, 7) is 4.72. The van der Waals surface area contributed by atoms with Crippen molar-refractivity contribution in [2.45, 2.75) is 39.5 Å². The van der Waals surface area contributed by atoms with E-state index in [0.717, 1.165) is 12.8 Å². The smallest absolute Gasteiger partial charge is 0.243 e. The summed E-state index contributed by atoms with van der Waals surface area (Å²) < 4.78 is 0. The van der Waals surface area contributed by atoms with Gasteiger partial charge in [-0.05, 0) is 26.7 Å². The first kappa shape index (κ1) is 14.5. The first-order valence-electron chi connectivity index (χ1n) is 6.57. The maximum atomic E-state index is 12.4. The zero-order valence-electron chi connectivity index (χ0n) is 11.2. The monoisotopic (exact) mass is 251 g/mol.